The number of primary sulfonamides is 1. The predicted molar refractivity (Wildman–Crippen MR) is 110 cm³/mol. The topological polar surface area (TPSA) is 128 Å². The van der Waals surface area contributed by atoms with E-state index in [1.165, 1.54) is 13.2 Å². The average Bonchev–Trinajstić information content (AvgIpc) is 2.66. The summed E-state index contributed by atoms with van der Waals surface area (Å²) in [5.74, 6) is -0.765. The van der Waals surface area contributed by atoms with Gasteiger partial charge in [0, 0.05) is 5.69 Å². The molecule has 2 aromatic carbocycles. The second-order valence-electron chi connectivity index (χ2n) is 6.91. The van der Waals surface area contributed by atoms with E-state index < -0.39 is 27.9 Å². The van der Waals surface area contributed by atoms with Crippen LogP contribution in [0.15, 0.2) is 47.4 Å². The Hall–Kier alpha value is -2.91. The fourth-order valence-electron chi connectivity index (χ4n) is 2.79. The van der Waals surface area contributed by atoms with Gasteiger partial charge in [0.15, 0.2) is 0 Å². The molecule has 1 atom stereocenters. The van der Waals surface area contributed by atoms with Crippen molar-refractivity contribution < 1.29 is 22.7 Å². The number of methoxy groups -OCH3 is 1. The second-order valence-corrected chi connectivity index (χ2v) is 8.44. The first-order valence-corrected chi connectivity index (χ1v) is 10.5. The molecule has 29 heavy (non-hydrogen) atoms. The molecule has 0 aliphatic carbocycles. The number of sulfonamides is 1. The van der Waals surface area contributed by atoms with Gasteiger partial charge in [-0.2, -0.15) is 0 Å². The lowest BCUT2D eigenvalue weighted by Gasteiger charge is -2.22. The Morgan fingerprint density at radius 1 is 1.10 bits per heavy atom. The Morgan fingerprint density at radius 2 is 1.76 bits per heavy atom. The van der Waals surface area contributed by atoms with Crippen LogP contribution in [0, 0.1) is 12.8 Å². The molecule has 0 spiro atoms. The number of ether oxygens (including phenoxy) is 1. The Balaban J connectivity index is 2.23. The minimum Gasteiger partial charge on any atom is -0.496 e. The first-order chi connectivity index (χ1) is 13.5. The molecule has 156 valence electrons. The molecule has 0 unspecified atom stereocenters. The fourth-order valence-corrected chi connectivity index (χ4v) is 3.60. The van der Waals surface area contributed by atoms with Crippen LogP contribution in [0.25, 0.3) is 0 Å². The van der Waals surface area contributed by atoms with Crippen LogP contribution in [-0.4, -0.2) is 33.4 Å². The highest BCUT2D eigenvalue weighted by Gasteiger charge is 2.26. The van der Waals surface area contributed by atoms with Crippen LogP contribution in [-0.2, 0) is 14.8 Å². The first-order valence-electron chi connectivity index (χ1n) is 8.92. The Kier molecular flexibility index (Phi) is 6.99. The monoisotopic (exact) mass is 419 g/mol. The van der Waals surface area contributed by atoms with Gasteiger partial charge in [-0.05, 0) is 42.7 Å². The van der Waals surface area contributed by atoms with Crippen molar-refractivity contribution in [1.29, 1.82) is 0 Å². The smallest absolute Gasteiger partial charge is 0.255 e. The van der Waals surface area contributed by atoms with Gasteiger partial charge in [-0.25, -0.2) is 13.6 Å². The molecule has 0 aromatic heterocycles. The molecule has 0 radical (unpaired) electrons. The summed E-state index contributed by atoms with van der Waals surface area (Å²) >= 11 is 0. The second kappa shape index (κ2) is 9.06. The quantitative estimate of drug-likeness (QED) is 0.633. The summed E-state index contributed by atoms with van der Waals surface area (Å²) in [5, 5.41) is 10.6. The number of carbonyl (C=O) groups is 2. The van der Waals surface area contributed by atoms with Crippen molar-refractivity contribution in [1.82, 2.24) is 5.32 Å². The van der Waals surface area contributed by atoms with E-state index in [9.17, 15) is 18.0 Å². The minimum absolute atomic E-state index is 0.0746. The summed E-state index contributed by atoms with van der Waals surface area (Å²) in [7, 11) is -2.47. The van der Waals surface area contributed by atoms with Crippen LogP contribution in [0.1, 0.15) is 29.8 Å². The van der Waals surface area contributed by atoms with Crippen LogP contribution in [0.5, 0.6) is 5.75 Å². The van der Waals surface area contributed by atoms with E-state index in [2.05, 4.69) is 10.6 Å². The maximum Gasteiger partial charge on any atom is 0.255 e. The van der Waals surface area contributed by atoms with Gasteiger partial charge < -0.3 is 15.4 Å². The van der Waals surface area contributed by atoms with Crippen molar-refractivity contribution in [3.8, 4) is 5.75 Å². The zero-order valence-corrected chi connectivity index (χ0v) is 17.5. The maximum absolute atomic E-state index is 12.8. The number of amides is 2. The minimum atomic E-state index is -3.93. The van der Waals surface area contributed by atoms with E-state index in [1.54, 1.807) is 57.2 Å². The predicted octanol–water partition coefficient (Wildman–Crippen LogP) is 2.04. The molecule has 8 nitrogen and oxygen atoms in total. The van der Waals surface area contributed by atoms with Crippen molar-refractivity contribution in [2.45, 2.75) is 31.7 Å². The summed E-state index contributed by atoms with van der Waals surface area (Å²) < 4.78 is 28.6. The van der Waals surface area contributed by atoms with Gasteiger partial charge in [0.2, 0.25) is 15.9 Å². The largest absolute Gasteiger partial charge is 0.496 e. The normalized spacial score (nSPS) is 12.3. The van der Waals surface area contributed by atoms with Gasteiger partial charge in [0.1, 0.15) is 11.8 Å². The van der Waals surface area contributed by atoms with E-state index in [0.717, 1.165) is 0 Å². The highest BCUT2D eigenvalue weighted by atomic mass is 32.2. The number of aryl methyl sites for hydroxylation is 1. The molecule has 2 amide bonds. The molecule has 0 aliphatic rings. The van der Waals surface area contributed by atoms with Crippen LogP contribution >= 0.6 is 0 Å². The summed E-state index contributed by atoms with van der Waals surface area (Å²) in [4.78, 5) is 25.4. The Morgan fingerprint density at radius 3 is 2.34 bits per heavy atom. The molecule has 2 rings (SSSR count). The molecular formula is C20H25N3O5S. The van der Waals surface area contributed by atoms with Gasteiger partial charge in [0.25, 0.3) is 5.91 Å². The molecule has 0 saturated carbocycles. The average molecular weight is 420 g/mol. The number of nitrogens with one attached hydrogen (secondary N) is 2. The SMILES string of the molecule is COc1ccccc1C(=O)N[C@H](C(=O)Nc1ccc(C)c(S(N)(=O)=O)c1)C(C)C. The third-order valence-electron chi connectivity index (χ3n) is 4.35. The lowest BCUT2D eigenvalue weighted by Crippen LogP contribution is -2.47. The van der Waals surface area contributed by atoms with Crippen LogP contribution in [0.3, 0.4) is 0 Å². The number of rotatable bonds is 7. The van der Waals surface area contributed by atoms with Crippen molar-refractivity contribution in [2.75, 3.05) is 12.4 Å². The van der Waals surface area contributed by atoms with Gasteiger partial charge >= 0.3 is 0 Å². The summed E-state index contributed by atoms with van der Waals surface area (Å²) in [5.41, 5.74) is 1.04. The molecule has 0 bridgehead atoms. The van der Waals surface area contributed by atoms with Crippen LogP contribution in [0.4, 0.5) is 5.69 Å². The molecule has 2 aromatic rings. The maximum atomic E-state index is 12.8. The molecule has 0 fully saturated rings. The van der Waals surface area contributed by atoms with Gasteiger partial charge in [-0.1, -0.05) is 32.0 Å². The lowest BCUT2D eigenvalue weighted by molar-refractivity contribution is -0.118. The number of para-hydroxylation sites is 1. The van der Waals surface area contributed by atoms with Crippen molar-refractivity contribution in [3.05, 3.63) is 53.6 Å². The third-order valence-corrected chi connectivity index (χ3v) is 5.40. The zero-order valence-electron chi connectivity index (χ0n) is 16.7. The zero-order chi connectivity index (χ0) is 21.8. The summed E-state index contributed by atoms with van der Waals surface area (Å²) in [6.45, 7) is 5.19. The standard InChI is InChI=1S/C20H25N3O5S/c1-12(2)18(23-19(24)15-7-5-6-8-16(15)28-4)20(25)22-14-10-9-13(3)17(11-14)29(21,26)27/h5-12,18H,1-4H3,(H,22,25)(H,23,24)(H2,21,26,27)/t18-/m0/s1. The Bertz CT molecular complexity index is 1020. The highest BCUT2D eigenvalue weighted by Crippen LogP contribution is 2.21. The highest BCUT2D eigenvalue weighted by molar-refractivity contribution is 7.89. The number of benzene rings is 2. The van der Waals surface area contributed by atoms with E-state index in [-0.39, 0.29) is 16.5 Å². The molecular weight excluding hydrogens is 394 g/mol. The van der Waals surface area contributed by atoms with Gasteiger partial charge in [-0.3, -0.25) is 9.59 Å². The number of hydrogen-bond acceptors (Lipinski definition) is 5. The first kappa shape index (κ1) is 22.4. The van der Waals surface area contributed by atoms with Crippen LogP contribution in [0.2, 0.25) is 0 Å². The number of carbonyl (C=O) groups excluding carboxylic acids is 2. The van der Waals surface area contributed by atoms with Crippen molar-refractivity contribution in [3.63, 3.8) is 0 Å². The number of hydrogen-bond donors (Lipinski definition) is 3. The molecule has 0 saturated heterocycles. The lowest BCUT2D eigenvalue weighted by atomic mass is 10.0. The number of nitrogens with two attached hydrogens (primary N) is 1. The van der Waals surface area contributed by atoms with Gasteiger partial charge in [-0.15, -0.1) is 0 Å². The van der Waals surface area contributed by atoms with E-state index in [0.29, 0.717) is 16.9 Å². The van der Waals surface area contributed by atoms with Crippen molar-refractivity contribution in [2.24, 2.45) is 11.1 Å². The summed E-state index contributed by atoms with van der Waals surface area (Å²) in [6, 6.07) is 10.2. The molecule has 0 aliphatic heterocycles. The van der Waals surface area contributed by atoms with Crippen molar-refractivity contribution >= 4 is 27.5 Å². The molecule has 9 heteroatoms. The van der Waals surface area contributed by atoms with Crippen LogP contribution < -0.4 is 20.5 Å². The van der Waals surface area contributed by atoms with E-state index >= 15 is 0 Å². The van der Waals surface area contributed by atoms with E-state index in [4.69, 9.17) is 9.88 Å². The summed E-state index contributed by atoms with van der Waals surface area (Å²) in [6.07, 6.45) is 0. The van der Waals surface area contributed by atoms with E-state index in [1.807, 2.05) is 0 Å². The fraction of sp³-hybridized carbons (Fsp3) is 0.300. The molecule has 4 N–H and O–H groups in total. The molecule has 0 heterocycles. The third kappa shape index (κ3) is 5.55. The Labute approximate surface area is 170 Å². The number of anilines is 1. The van der Waals surface area contributed by atoms with Gasteiger partial charge in [0.05, 0.1) is 17.6 Å².